The van der Waals surface area contributed by atoms with Crippen molar-refractivity contribution >= 4 is 10.1 Å². The predicted octanol–water partition coefficient (Wildman–Crippen LogP) is -0.151. The highest BCUT2D eigenvalue weighted by atomic mass is 32.2. The van der Waals surface area contributed by atoms with E-state index in [9.17, 15) is 8.42 Å². The highest BCUT2D eigenvalue weighted by molar-refractivity contribution is 7.86. The minimum absolute atomic E-state index is 0.306. The van der Waals surface area contributed by atoms with Crippen LogP contribution in [0.1, 0.15) is 0 Å². The van der Waals surface area contributed by atoms with Crippen LogP contribution in [0.4, 0.5) is 0 Å². The van der Waals surface area contributed by atoms with Crippen molar-refractivity contribution < 1.29 is 17.2 Å². The Morgan fingerprint density at radius 2 is 2.08 bits per heavy atom. The molecule has 0 atom stereocenters. The molecule has 0 unspecified atom stereocenters. The summed E-state index contributed by atoms with van der Waals surface area (Å²) in [6.07, 6.45) is 2.72. The summed E-state index contributed by atoms with van der Waals surface area (Å²) in [5, 5.41) is 0. The summed E-state index contributed by atoms with van der Waals surface area (Å²) < 4.78 is 27.7. The second-order valence-corrected chi connectivity index (χ2v) is 4.01. The van der Waals surface area contributed by atoms with Crippen molar-refractivity contribution in [2.24, 2.45) is 7.05 Å². The molecule has 0 bridgehead atoms. The standard InChI is InChI=1S/C7H10NO3S/c1-8-6-4-3-5-7(8)11-12(2,9)10/h3-6H,1-2H3/q+1. The summed E-state index contributed by atoms with van der Waals surface area (Å²) in [5.74, 6) is 0.306. The molecule has 0 aliphatic carbocycles. The lowest BCUT2D eigenvalue weighted by Crippen LogP contribution is -2.31. The average molecular weight is 188 g/mol. The van der Waals surface area contributed by atoms with Crippen LogP contribution in [0.15, 0.2) is 24.4 Å². The Kier molecular flexibility index (Phi) is 2.32. The van der Waals surface area contributed by atoms with E-state index in [2.05, 4.69) is 4.18 Å². The Bertz CT molecular complexity index is 372. The van der Waals surface area contributed by atoms with Crippen molar-refractivity contribution in [3.63, 3.8) is 0 Å². The first-order valence-electron chi connectivity index (χ1n) is 3.33. The molecular formula is C7H10NO3S+. The molecule has 0 aromatic carbocycles. The third-order valence-electron chi connectivity index (χ3n) is 1.24. The van der Waals surface area contributed by atoms with Gasteiger partial charge >= 0.3 is 16.0 Å². The van der Waals surface area contributed by atoms with Crippen molar-refractivity contribution in [1.29, 1.82) is 0 Å². The number of nitrogens with zero attached hydrogens (tertiary/aromatic N) is 1. The molecule has 4 nitrogen and oxygen atoms in total. The Morgan fingerprint density at radius 1 is 1.42 bits per heavy atom. The van der Waals surface area contributed by atoms with Gasteiger partial charge in [-0.1, -0.05) is 0 Å². The van der Waals surface area contributed by atoms with Crippen LogP contribution in [0.2, 0.25) is 0 Å². The molecule has 1 aromatic rings. The van der Waals surface area contributed by atoms with E-state index in [-0.39, 0.29) is 0 Å². The predicted molar refractivity (Wildman–Crippen MR) is 43.1 cm³/mol. The number of aromatic nitrogens is 1. The average Bonchev–Trinajstić information content (AvgIpc) is 1.91. The van der Waals surface area contributed by atoms with Crippen molar-refractivity contribution in [2.45, 2.75) is 0 Å². The number of aryl methyl sites for hydroxylation is 1. The lowest BCUT2D eigenvalue weighted by Gasteiger charge is -1.98. The quantitative estimate of drug-likeness (QED) is 0.479. The first kappa shape index (κ1) is 8.99. The summed E-state index contributed by atoms with van der Waals surface area (Å²) in [6, 6.07) is 5.08. The number of pyridine rings is 1. The van der Waals surface area contributed by atoms with Crippen LogP contribution in [0.5, 0.6) is 5.88 Å². The molecule has 0 radical (unpaired) electrons. The third kappa shape index (κ3) is 2.50. The number of hydrogen-bond acceptors (Lipinski definition) is 3. The van der Waals surface area contributed by atoms with Crippen LogP contribution in [0.3, 0.4) is 0 Å². The smallest absolute Gasteiger partial charge is 0.323 e. The molecule has 0 saturated heterocycles. The van der Waals surface area contributed by atoms with E-state index < -0.39 is 10.1 Å². The molecule has 0 aliphatic heterocycles. The largest absolute Gasteiger partial charge is 0.383 e. The van der Waals surface area contributed by atoms with Gasteiger partial charge in [-0.25, -0.2) is 0 Å². The van der Waals surface area contributed by atoms with E-state index in [1.54, 1.807) is 36.0 Å². The maximum absolute atomic E-state index is 10.7. The van der Waals surface area contributed by atoms with Crippen LogP contribution in [0.25, 0.3) is 0 Å². The van der Waals surface area contributed by atoms with Gasteiger partial charge in [-0.05, 0) is 6.07 Å². The second kappa shape index (κ2) is 3.10. The molecular weight excluding hydrogens is 178 g/mol. The summed E-state index contributed by atoms with van der Waals surface area (Å²) in [7, 11) is -1.71. The SMILES string of the molecule is C[n+]1ccccc1OS(C)(=O)=O. The van der Waals surface area contributed by atoms with Gasteiger partial charge in [-0.3, -0.25) is 0 Å². The molecule has 0 amide bonds. The Morgan fingerprint density at radius 3 is 2.58 bits per heavy atom. The summed E-state index contributed by atoms with van der Waals surface area (Å²) in [5.41, 5.74) is 0. The second-order valence-electron chi connectivity index (χ2n) is 2.44. The van der Waals surface area contributed by atoms with Crippen LogP contribution >= 0.6 is 0 Å². The molecule has 1 rings (SSSR count). The summed E-state index contributed by atoms with van der Waals surface area (Å²) in [6.45, 7) is 0. The Labute approximate surface area is 71.5 Å². The van der Waals surface area contributed by atoms with Gasteiger partial charge in [0.15, 0.2) is 6.20 Å². The zero-order chi connectivity index (χ0) is 9.19. The van der Waals surface area contributed by atoms with E-state index in [4.69, 9.17) is 0 Å². The molecule has 0 fully saturated rings. The maximum Gasteiger partial charge on any atom is 0.383 e. The number of hydrogen-bond donors (Lipinski definition) is 0. The first-order valence-corrected chi connectivity index (χ1v) is 5.15. The van der Waals surface area contributed by atoms with Gasteiger partial charge in [0, 0.05) is 6.07 Å². The Balaban J connectivity index is 2.98. The van der Waals surface area contributed by atoms with Crippen LogP contribution in [-0.4, -0.2) is 14.7 Å². The molecule has 1 heterocycles. The highest BCUT2D eigenvalue weighted by Crippen LogP contribution is 2.02. The zero-order valence-electron chi connectivity index (χ0n) is 6.89. The van der Waals surface area contributed by atoms with E-state index in [0.717, 1.165) is 6.26 Å². The Hall–Kier alpha value is -1.10. The van der Waals surface area contributed by atoms with Crippen LogP contribution in [-0.2, 0) is 17.2 Å². The summed E-state index contributed by atoms with van der Waals surface area (Å²) >= 11 is 0. The third-order valence-corrected chi connectivity index (χ3v) is 1.72. The molecule has 0 saturated carbocycles. The maximum atomic E-state index is 10.7. The van der Waals surface area contributed by atoms with Gasteiger partial charge < -0.3 is 4.18 Å². The lowest BCUT2D eigenvalue weighted by atomic mass is 10.5. The van der Waals surface area contributed by atoms with Gasteiger partial charge in [-0.2, -0.15) is 13.0 Å². The van der Waals surface area contributed by atoms with Gasteiger partial charge in [0.05, 0.1) is 12.3 Å². The fraction of sp³-hybridized carbons (Fsp3) is 0.286. The van der Waals surface area contributed by atoms with E-state index in [0.29, 0.717) is 5.88 Å². The fourth-order valence-corrected chi connectivity index (χ4v) is 1.23. The minimum atomic E-state index is -3.42. The van der Waals surface area contributed by atoms with Crippen molar-refractivity contribution in [2.75, 3.05) is 6.26 Å². The molecule has 0 aliphatic rings. The zero-order valence-corrected chi connectivity index (χ0v) is 7.71. The highest BCUT2D eigenvalue weighted by Gasteiger charge is 2.11. The molecule has 12 heavy (non-hydrogen) atoms. The number of rotatable bonds is 2. The minimum Gasteiger partial charge on any atom is -0.323 e. The van der Waals surface area contributed by atoms with Gasteiger partial charge in [0.25, 0.3) is 0 Å². The first-order chi connectivity index (χ1) is 5.49. The van der Waals surface area contributed by atoms with Crippen molar-refractivity contribution in [3.8, 4) is 5.88 Å². The van der Waals surface area contributed by atoms with E-state index >= 15 is 0 Å². The van der Waals surface area contributed by atoms with Crippen molar-refractivity contribution in [1.82, 2.24) is 0 Å². The molecule has 1 aromatic heterocycles. The van der Waals surface area contributed by atoms with Crippen LogP contribution < -0.4 is 8.75 Å². The van der Waals surface area contributed by atoms with Gasteiger partial charge in [0.1, 0.15) is 7.05 Å². The van der Waals surface area contributed by atoms with Crippen molar-refractivity contribution in [3.05, 3.63) is 24.4 Å². The molecule has 0 spiro atoms. The molecule has 5 heteroatoms. The molecule has 66 valence electrons. The van der Waals surface area contributed by atoms with E-state index in [1.165, 1.54) is 0 Å². The normalized spacial score (nSPS) is 11.2. The van der Waals surface area contributed by atoms with Gasteiger partial charge in [0.2, 0.25) is 0 Å². The lowest BCUT2D eigenvalue weighted by molar-refractivity contribution is -0.674. The topological polar surface area (TPSA) is 47.2 Å². The van der Waals surface area contributed by atoms with E-state index in [1.807, 2.05) is 0 Å². The van der Waals surface area contributed by atoms with Crippen LogP contribution in [0, 0.1) is 0 Å². The fourth-order valence-electron chi connectivity index (χ4n) is 0.749. The monoisotopic (exact) mass is 188 g/mol. The van der Waals surface area contributed by atoms with Gasteiger partial charge in [-0.15, -0.1) is 0 Å². The molecule has 0 N–H and O–H groups in total. The summed E-state index contributed by atoms with van der Waals surface area (Å²) in [4.78, 5) is 0.